The summed E-state index contributed by atoms with van der Waals surface area (Å²) in [6, 6.07) is 9.52. The second-order valence-electron chi connectivity index (χ2n) is 6.38. The van der Waals surface area contributed by atoms with E-state index < -0.39 is 0 Å². The molecule has 144 valence electrons. The first-order chi connectivity index (χ1) is 13.4. The van der Waals surface area contributed by atoms with Gasteiger partial charge in [0.05, 0.1) is 5.75 Å². The second-order valence-corrected chi connectivity index (χ2v) is 8.24. The standard InChI is InChI=1S/C20H20BrN5OS/c1-13(2)11-26-19(15-6-8-22-9-7-15)24-25-20(26)28-12-18(27)23-17-5-4-16(21)10-14(17)3/h4-10H,1,11-12H2,2-3H3,(H,23,27). The Bertz CT molecular complexity index is 1000. The lowest BCUT2D eigenvalue weighted by Crippen LogP contribution is -2.15. The van der Waals surface area contributed by atoms with Gasteiger partial charge in [0, 0.05) is 34.7 Å². The topological polar surface area (TPSA) is 72.7 Å². The van der Waals surface area contributed by atoms with E-state index in [-0.39, 0.29) is 11.7 Å². The van der Waals surface area contributed by atoms with Crippen LogP contribution in [-0.2, 0) is 11.3 Å². The van der Waals surface area contributed by atoms with Crippen molar-refractivity contribution in [2.45, 2.75) is 25.5 Å². The number of nitrogens with zero attached hydrogens (tertiary/aromatic N) is 4. The zero-order valence-corrected chi connectivity index (χ0v) is 18.0. The average Bonchev–Trinajstić information content (AvgIpc) is 3.05. The number of hydrogen-bond donors (Lipinski definition) is 1. The van der Waals surface area contributed by atoms with Crippen molar-refractivity contribution in [2.75, 3.05) is 11.1 Å². The third-order valence-electron chi connectivity index (χ3n) is 3.88. The van der Waals surface area contributed by atoms with Gasteiger partial charge in [0.15, 0.2) is 11.0 Å². The molecule has 1 aromatic carbocycles. The van der Waals surface area contributed by atoms with Gasteiger partial charge in [-0.05, 0) is 49.7 Å². The van der Waals surface area contributed by atoms with Crippen LogP contribution in [0.5, 0.6) is 0 Å². The molecule has 1 amide bonds. The zero-order valence-electron chi connectivity index (χ0n) is 15.6. The average molecular weight is 458 g/mol. The Morgan fingerprint density at radius 1 is 1.25 bits per heavy atom. The van der Waals surface area contributed by atoms with E-state index in [2.05, 4.69) is 43.0 Å². The van der Waals surface area contributed by atoms with Gasteiger partial charge < -0.3 is 5.32 Å². The number of hydrogen-bond acceptors (Lipinski definition) is 5. The van der Waals surface area contributed by atoms with E-state index in [0.29, 0.717) is 11.7 Å². The molecule has 0 aliphatic heterocycles. The summed E-state index contributed by atoms with van der Waals surface area (Å²) in [4.78, 5) is 16.5. The molecule has 1 N–H and O–H groups in total. The minimum Gasteiger partial charge on any atom is -0.325 e. The molecular weight excluding hydrogens is 438 g/mol. The van der Waals surface area contributed by atoms with Gasteiger partial charge in [-0.15, -0.1) is 10.2 Å². The van der Waals surface area contributed by atoms with Crippen LogP contribution >= 0.6 is 27.7 Å². The molecule has 0 aliphatic carbocycles. The van der Waals surface area contributed by atoms with E-state index in [4.69, 9.17) is 0 Å². The molecule has 0 radical (unpaired) electrons. The fraction of sp³-hybridized carbons (Fsp3) is 0.200. The van der Waals surface area contributed by atoms with Crippen molar-refractivity contribution in [3.8, 4) is 11.4 Å². The van der Waals surface area contributed by atoms with Crippen LogP contribution in [0, 0.1) is 6.92 Å². The molecule has 2 aromatic heterocycles. The van der Waals surface area contributed by atoms with E-state index >= 15 is 0 Å². The van der Waals surface area contributed by atoms with Gasteiger partial charge in [-0.25, -0.2) is 0 Å². The maximum absolute atomic E-state index is 12.4. The molecule has 0 atom stereocenters. The van der Waals surface area contributed by atoms with Crippen LogP contribution in [0.2, 0.25) is 0 Å². The summed E-state index contributed by atoms with van der Waals surface area (Å²) in [6.45, 7) is 8.48. The Kier molecular flexibility index (Phi) is 6.64. The lowest BCUT2D eigenvalue weighted by molar-refractivity contribution is -0.113. The number of aromatic nitrogens is 4. The second kappa shape index (κ2) is 9.16. The summed E-state index contributed by atoms with van der Waals surface area (Å²) in [5, 5.41) is 12.2. The molecule has 0 spiro atoms. The van der Waals surface area contributed by atoms with Crippen LogP contribution in [0.3, 0.4) is 0 Å². The molecule has 6 nitrogen and oxygen atoms in total. The number of thioether (sulfide) groups is 1. The molecule has 28 heavy (non-hydrogen) atoms. The highest BCUT2D eigenvalue weighted by Crippen LogP contribution is 2.25. The number of rotatable bonds is 7. The molecule has 0 saturated carbocycles. The highest BCUT2D eigenvalue weighted by Gasteiger charge is 2.16. The fourth-order valence-electron chi connectivity index (χ4n) is 2.61. The Morgan fingerprint density at radius 2 is 2.00 bits per heavy atom. The van der Waals surface area contributed by atoms with Crippen molar-refractivity contribution >= 4 is 39.3 Å². The van der Waals surface area contributed by atoms with Gasteiger partial charge in [0.25, 0.3) is 0 Å². The van der Waals surface area contributed by atoms with Crippen LogP contribution in [0.4, 0.5) is 5.69 Å². The number of amides is 1. The van der Waals surface area contributed by atoms with Crippen molar-refractivity contribution < 1.29 is 4.79 Å². The maximum atomic E-state index is 12.4. The number of pyridine rings is 1. The number of carbonyl (C=O) groups excluding carboxylic acids is 1. The summed E-state index contributed by atoms with van der Waals surface area (Å²) in [7, 11) is 0. The third-order valence-corrected chi connectivity index (χ3v) is 5.34. The fourth-order valence-corrected chi connectivity index (χ4v) is 3.82. The molecule has 3 aromatic rings. The van der Waals surface area contributed by atoms with E-state index in [1.807, 2.05) is 48.7 Å². The highest BCUT2D eigenvalue weighted by molar-refractivity contribution is 9.10. The summed E-state index contributed by atoms with van der Waals surface area (Å²) in [5.74, 6) is 0.878. The van der Waals surface area contributed by atoms with E-state index in [9.17, 15) is 4.79 Å². The van der Waals surface area contributed by atoms with Gasteiger partial charge in [-0.3, -0.25) is 14.3 Å². The maximum Gasteiger partial charge on any atom is 0.234 e. The Balaban J connectivity index is 1.74. The summed E-state index contributed by atoms with van der Waals surface area (Å²) < 4.78 is 2.95. The number of anilines is 1. The lowest BCUT2D eigenvalue weighted by Gasteiger charge is -2.11. The number of carbonyl (C=O) groups is 1. The van der Waals surface area contributed by atoms with Crippen molar-refractivity contribution in [3.05, 3.63) is 64.9 Å². The van der Waals surface area contributed by atoms with Crippen molar-refractivity contribution in [3.63, 3.8) is 0 Å². The van der Waals surface area contributed by atoms with Gasteiger partial charge in [-0.1, -0.05) is 39.8 Å². The number of benzene rings is 1. The quantitative estimate of drug-likeness (QED) is 0.410. The Hall–Kier alpha value is -2.45. The van der Waals surface area contributed by atoms with Gasteiger partial charge >= 0.3 is 0 Å². The SMILES string of the molecule is C=C(C)Cn1c(SCC(=O)Nc2ccc(Br)cc2C)nnc1-c1ccncc1. The summed E-state index contributed by atoms with van der Waals surface area (Å²) >= 11 is 4.78. The Labute approximate surface area is 176 Å². The first kappa shape index (κ1) is 20.3. The first-order valence-electron chi connectivity index (χ1n) is 8.61. The predicted molar refractivity (Wildman–Crippen MR) is 116 cm³/mol. The van der Waals surface area contributed by atoms with E-state index in [0.717, 1.165) is 32.7 Å². The van der Waals surface area contributed by atoms with Gasteiger partial charge in [0.1, 0.15) is 0 Å². The van der Waals surface area contributed by atoms with Crippen molar-refractivity contribution in [1.29, 1.82) is 0 Å². The number of aryl methyl sites for hydroxylation is 1. The van der Waals surface area contributed by atoms with Crippen molar-refractivity contribution in [2.24, 2.45) is 0 Å². The minimum atomic E-state index is -0.0919. The molecular formula is C20H20BrN5OS. The zero-order chi connectivity index (χ0) is 20.1. The number of halogens is 1. The molecule has 0 saturated heterocycles. The molecule has 0 unspecified atom stereocenters. The number of allylic oxidation sites excluding steroid dienone is 1. The summed E-state index contributed by atoms with van der Waals surface area (Å²) in [6.07, 6.45) is 3.44. The third kappa shape index (κ3) is 5.08. The van der Waals surface area contributed by atoms with Crippen LogP contribution in [0.25, 0.3) is 11.4 Å². The molecule has 2 heterocycles. The highest BCUT2D eigenvalue weighted by atomic mass is 79.9. The smallest absolute Gasteiger partial charge is 0.234 e. The van der Waals surface area contributed by atoms with Crippen LogP contribution in [-0.4, -0.2) is 31.4 Å². The minimum absolute atomic E-state index is 0.0919. The molecule has 3 rings (SSSR count). The normalized spacial score (nSPS) is 10.7. The van der Waals surface area contributed by atoms with Crippen molar-refractivity contribution in [1.82, 2.24) is 19.7 Å². The Morgan fingerprint density at radius 3 is 2.68 bits per heavy atom. The van der Waals surface area contributed by atoms with Gasteiger partial charge in [0.2, 0.25) is 5.91 Å². The van der Waals surface area contributed by atoms with E-state index in [1.165, 1.54) is 11.8 Å². The summed E-state index contributed by atoms with van der Waals surface area (Å²) in [5.41, 5.74) is 3.70. The molecule has 0 aliphatic rings. The van der Waals surface area contributed by atoms with Crippen LogP contribution in [0.1, 0.15) is 12.5 Å². The molecule has 0 bridgehead atoms. The molecule has 8 heteroatoms. The predicted octanol–water partition coefficient (Wildman–Crippen LogP) is 4.72. The van der Waals surface area contributed by atoms with E-state index in [1.54, 1.807) is 12.4 Å². The number of nitrogens with one attached hydrogen (secondary N) is 1. The van der Waals surface area contributed by atoms with Crippen LogP contribution < -0.4 is 5.32 Å². The van der Waals surface area contributed by atoms with Gasteiger partial charge in [-0.2, -0.15) is 0 Å². The largest absolute Gasteiger partial charge is 0.325 e. The molecule has 0 fully saturated rings. The lowest BCUT2D eigenvalue weighted by atomic mass is 10.2. The monoisotopic (exact) mass is 457 g/mol. The van der Waals surface area contributed by atoms with Crippen LogP contribution in [0.15, 0.2) is 64.5 Å². The first-order valence-corrected chi connectivity index (χ1v) is 10.4.